The Morgan fingerprint density at radius 2 is 1.71 bits per heavy atom. The molecule has 1 aliphatic heterocycles. The minimum atomic E-state index is -0.157. The zero-order chi connectivity index (χ0) is 21.5. The summed E-state index contributed by atoms with van der Waals surface area (Å²) in [5, 5.41) is 8.64. The van der Waals surface area contributed by atoms with Gasteiger partial charge in [-0.1, -0.05) is 59.8 Å². The number of hydrogen-bond acceptors (Lipinski definition) is 5. The molecule has 0 aliphatic carbocycles. The first-order valence-corrected chi connectivity index (χ1v) is 10.7. The van der Waals surface area contributed by atoms with Crippen molar-refractivity contribution in [1.82, 2.24) is 24.8 Å². The standard InChI is InChI=1S/C24H27N5O2/c30-23(13-7-15-29-24(31)21-11-4-5-12-22(21)25-26-29)28-18-16-27(17-19-28)14-6-10-20-8-2-1-3-9-20/h1-6,8-12H,7,13-19H2/b10-6+. The van der Waals surface area contributed by atoms with Gasteiger partial charge in [-0.2, -0.15) is 0 Å². The van der Waals surface area contributed by atoms with Crippen LogP contribution in [-0.4, -0.2) is 63.4 Å². The maximum absolute atomic E-state index is 12.6. The fraction of sp³-hybridized carbons (Fsp3) is 0.333. The molecule has 0 radical (unpaired) electrons. The van der Waals surface area contributed by atoms with Crippen LogP contribution in [0.1, 0.15) is 18.4 Å². The molecule has 0 saturated carbocycles. The molecule has 3 aromatic rings. The number of fused-ring (bicyclic) bond motifs is 1. The smallest absolute Gasteiger partial charge is 0.277 e. The summed E-state index contributed by atoms with van der Waals surface area (Å²) in [5.74, 6) is 0.140. The molecule has 0 N–H and O–H groups in total. The SMILES string of the molecule is O=C(CCCn1nnc2ccccc2c1=O)N1CCN(C/C=C/c2ccccc2)CC1. The number of amides is 1. The number of piperazine rings is 1. The van der Waals surface area contributed by atoms with Crippen LogP contribution >= 0.6 is 0 Å². The van der Waals surface area contributed by atoms with E-state index >= 15 is 0 Å². The maximum atomic E-state index is 12.6. The Bertz CT molecular complexity index is 1100. The molecule has 1 aromatic heterocycles. The van der Waals surface area contributed by atoms with Crippen molar-refractivity contribution in [2.75, 3.05) is 32.7 Å². The molecule has 0 bridgehead atoms. The van der Waals surface area contributed by atoms with Gasteiger partial charge in [0.1, 0.15) is 5.52 Å². The molecule has 1 amide bonds. The fourth-order valence-corrected chi connectivity index (χ4v) is 3.79. The van der Waals surface area contributed by atoms with Crippen molar-refractivity contribution >= 4 is 22.9 Å². The Kier molecular flexibility index (Phi) is 6.84. The Labute approximate surface area is 181 Å². The van der Waals surface area contributed by atoms with E-state index in [1.54, 1.807) is 12.1 Å². The zero-order valence-corrected chi connectivity index (χ0v) is 17.6. The highest BCUT2D eigenvalue weighted by Gasteiger charge is 2.20. The molecular formula is C24H27N5O2. The first-order chi connectivity index (χ1) is 15.2. The monoisotopic (exact) mass is 417 g/mol. The molecule has 31 heavy (non-hydrogen) atoms. The highest BCUT2D eigenvalue weighted by Crippen LogP contribution is 2.08. The number of aryl methyl sites for hydroxylation is 1. The topological polar surface area (TPSA) is 71.3 Å². The molecule has 2 heterocycles. The van der Waals surface area contributed by atoms with Crippen LogP contribution in [0.3, 0.4) is 0 Å². The van der Waals surface area contributed by atoms with E-state index in [0.29, 0.717) is 30.3 Å². The molecule has 7 nitrogen and oxygen atoms in total. The normalized spacial score (nSPS) is 15.0. The number of hydrogen-bond donors (Lipinski definition) is 0. The Morgan fingerprint density at radius 1 is 0.968 bits per heavy atom. The second-order valence-corrected chi connectivity index (χ2v) is 7.73. The summed E-state index contributed by atoms with van der Waals surface area (Å²) in [7, 11) is 0. The molecule has 7 heteroatoms. The fourth-order valence-electron chi connectivity index (χ4n) is 3.79. The largest absolute Gasteiger partial charge is 0.340 e. The molecule has 2 aromatic carbocycles. The van der Waals surface area contributed by atoms with E-state index in [2.05, 4.69) is 39.5 Å². The van der Waals surface area contributed by atoms with E-state index in [9.17, 15) is 9.59 Å². The third-order valence-electron chi connectivity index (χ3n) is 5.59. The van der Waals surface area contributed by atoms with Crippen molar-refractivity contribution < 1.29 is 4.79 Å². The Hall–Kier alpha value is -3.32. The quantitative estimate of drug-likeness (QED) is 0.591. The third kappa shape index (κ3) is 5.44. The molecule has 0 unspecified atom stereocenters. The molecule has 4 rings (SSSR count). The number of benzene rings is 2. The first-order valence-electron chi connectivity index (χ1n) is 10.7. The summed E-state index contributed by atoms with van der Waals surface area (Å²) >= 11 is 0. The summed E-state index contributed by atoms with van der Waals surface area (Å²) in [6.07, 6.45) is 5.30. The zero-order valence-electron chi connectivity index (χ0n) is 17.6. The van der Waals surface area contributed by atoms with Gasteiger partial charge in [0.2, 0.25) is 5.91 Å². The van der Waals surface area contributed by atoms with Crippen molar-refractivity contribution in [2.24, 2.45) is 0 Å². The van der Waals surface area contributed by atoms with Gasteiger partial charge < -0.3 is 4.90 Å². The maximum Gasteiger partial charge on any atom is 0.277 e. The van der Waals surface area contributed by atoms with Crippen LogP contribution in [0.25, 0.3) is 17.0 Å². The second kappa shape index (κ2) is 10.1. The predicted octanol–water partition coefficient (Wildman–Crippen LogP) is 2.43. The lowest BCUT2D eigenvalue weighted by atomic mass is 10.2. The van der Waals surface area contributed by atoms with E-state index in [1.807, 2.05) is 35.2 Å². The highest BCUT2D eigenvalue weighted by molar-refractivity contribution is 5.77. The van der Waals surface area contributed by atoms with Crippen LogP contribution in [0.5, 0.6) is 0 Å². The summed E-state index contributed by atoms with van der Waals surface area (Å²) in [4.78, 5) is 29.3. The van der Waals surface area contributed by atoms with Crippen LogP contribution < -0.4 is 5.56 Å². The average Bonchev–Trinajstić information content (AvgIpc) is 2.82. The average molecular weight is 418 g/mol. The second-order valence-electron chi connectivity index (χ2n) is 7.73. The van der Waals surface area contributed by atoms with E-state index < -0.39 is 0 Å². The van der Waals surface area contributed by atoms with E-state index in [0.717, 1.165) is 32.7 Å². The minimum absolute atomic E-state index is 0.140. The Morgan fingerprint density at radius 3 is 2.52 bits per heavy atom. The van der Waals surface area contributed by atoms with E-state index in [-0.39, 0.29) is 11.5 Å². The number of nitrogens with zero attached hydrogens (tertiary/aromatic N) is 5. The number of carbonyl (C=O) groups excluding carboxylic acids is 1. The minimum Gasteiger partial charge on any atom is -0.340 e. The lowest BCUT2D eigenvalue weighted by Gasteiger charge is -2.34. The van der Waals surface area contributed by atoms with Crippen LogP contribution in [0.2, 0.25) is 0 Å². The molecule has 0 spiro atoms. The van der Waals surface area contributed by atoms with Crippen LogP contribution in [0, 0.1) is 0 Å². The van der Waals surface area contributed by atoms with Crippen molar-refractivity contribution in [1.29, 1.82) is 0 Å². The summed E-state index contributed by atoms with van der Waals surface area (Å²) in [6, 6.07) is 17.4. The van der Waals surface area contributed by atoms with Gasteiger partial charge in [-0.3, -0.25) is 14.5 Å². The van der Waals surface area contributed by atoms with Gasteiger partial charge in [0.15, 0.2) is 0 Å². The highest BCUT2D eigenvalue weighted by atomic mass is 16.2. The van der Waals surface area contributed by atoms with Crippen LogP contribution in [0.4, 0.5) is 0 Å². The summed E-state index contributed by atoms with van der Waals surface area (Å²) < 4.78 is 1.35. The first kappa shape index (κ1) is 20.9. The van der Waals surface area contributed by atoms with Crippen molar-refractivity contribution in [2.45, 2.75) is 19.4 Å². The van der Waals surface area contributed by atoms with Gasteiger partial charge in [-0.15, -0.1) is 5.10 Å². The lowest BCUT2D eigenvalue weighted by molar-refractivity contribution is -0.133. The molecule has 1 aliphatic rings. The van der Waals surface area contributed by atoms with Crippen molar-refractivity contribution in [3.8, 4) is 0 Å². The van der Waals surface area contributed by atoms with Gasteiger partial charge in [0.25, 0.3) is 5.56 Å². The third-order valence-corrected chi connectivity index (χ3v) is 5.59. The van der Waals surface area contributed by atoms with Crippen molar-refractivity contribution in [3.05, 3.63) is 76.6 Å². The Balaban J connectivity index is 1.20. The van der Waals surface area contributed by atoms with Gasteiger partial charge in [0.05, 0.1) is 5.39 Å². The lowest BCUT2D eigenvalue weighted by Crippen LogP contribution is -2.48. The number of carbonyl (C=O) groups is 1. The van der Waals surface area contributed by atoms with Gasteiger partial charge in [0, 0.05) is 45.7 Å². The van der Waals surface area contributed by atoms with E-state index in [1.165, 1.54) is 10.2 Å². The van der Waals surface area contributed by atoms with Crippen molar-refractivity contribution in [3.63, 3.8) is 0 Å². The molecule has 1 saturated heterocycles. The molecule has 0 atom stereocenters. The number of aromatic nitrogens is 3. The van der Waals surface area contributed by atoms with Crippen LogP contribution in [0.15, 0.2) is 65.5 Å². The predicted molar refractivity (Wildman–Crippen MR) is 122 cm³/mol. The van der Waals surface area contributed by atoms with Gasteiger partial charge >= 0.3 is 0 Å². The number of rotatable bonds is 7. The van der Waals surface area contributed by atoms with E-state index in [4.69, 9.17) is 0 Å². The van der Waals surface area contributed by atoms with Crippen LogP contribution in [-0.2, 0) is 11.3 Å². The van der Waals surface area contributed by atoms with Gasteiger partial charge in [-0.05, 0) is 24.1 Å². The molecule has 160 valence electrons. The summed E-state index contributed by atoms with van der Waals surface area (Å²) in [6.45, 7) is 4.52. The molecule has 1 fully saturated rings. The van der Waals surface area contributed by atoms with Gasteiger partial charge in [-0.25, -0.2) is 4.68 Å². The molecular weight excluding hydrogens is 390 g/mol. The summed E-state index contributed by atoms with van der Waals surface area (Å²) in [5.41, 5.74) is 1.64.